The van der Waals surface area contributed by atoms with E-state index in [1.165, 1.54) is 28.1 Å². The van der Waals surface area contributed by atoms with Crippen LogP contribution < -0.4 is 17.0 Å². The summed E-state index contributed by atoms with van der Waals surface area (Å²) in [7, 11) is 0. The number of nitrogens with zero attached hydrogens (tertiary/aromatic N) is 4. The van der Waals surface area contributed by atoms with Crippen LogP contribution >= 0.6 is 23.5 Å². The third-order valence-electron chi connectivity index (χ3n) is 2.25. The normalized spacial score (nSPS) is 10.7. The summed E-state index contributed by atoms with van der Waals surface area (Å²) in [5.41, 5.74) is 2.25. The average molecular weight is 299 g/mol. The quantitative estimate of drug-likeness (QED) is 0.241. The number of hydrogen-bond acceptors (Lipinski definition) is 8. The number of thioether (sulfide) groups is 1. The largest absolute Gasteiger partial charge is 0.343 e. The fourth-order valence-corrected chi connectivity index (χ4v) is 2.72. The molecule has 0 aliphatic heterocycles. The number of nitrogens with two attached hydrogens (primary N) is 1. The average Bonchev–Trinajstić information content (AvgIpc) is 2.78. The summed E-state index contributed by atoms with van der Waals surface area (Å²) < 4.78 is 1.53. The lowest BCUT2D eigenvalue weighted by molar-refractivity contribution is 0.659. The third-order valence-corrected chi connectivity index (χ3v) is 3.71. The van der Waals surface area contributed by atoms with E-state index in [-0.39, 0.29) is 5.69 Å². The van der Waals surface area contributed by atoms with E-state index in [9.17, 15) is 4.79 Å². The fraction of sp³-hybridized carbons (Fsp3) is 0.333. The third kappa shape index (κ3) is 3.08. The highest BCUT2D eigenvalue weighted by atomic mass is 32.2. The molecule has 0 bridgehead atoms. The molecule has 0 aromatic carbocycles. The summed E-state index contributed by atoms with van der Waals surface area (Å²) in [6, 6.07) is 1.70. The van der Waals surface area contributed by atoms with Crippen molar-refractivity contribution in [3.63, 3.8) is 0 Å². The summed E-state index contributed by atoms with van der Waals surface area (Å²) in [5.74, 6) is 5.88. The zero-order chi connectivity index (χ0) is 13.8. The molecule has 0 fully saturated rings. The lowest BCUT2D eigenvalue weighted by atomic mass is 10.6. The number of hydrogen-bond donors (Lipinski definition) is 3. The molecule has 0 spiro atoms. The summed E-state index contributed by atoms with van der Waals surface area (Å²) in [6.07, 6.45) is 1.88. The van der Waals surface area contributed by atoms with Crippen molar-refractivity contribution in [2.45, 2.75) is 28.8 Å². The van der Waals surface area contributed by atoms with Gasteiger partial charge in [-0.15, -0.1) is 5.10 Å². The van der Waals surface area contributed by atoms with Gasteiger partial charge in [-0.25, -0.2) is 25.7 Å². The van der Waals surface area contributed by atoms with Gasteiger partial charge in [0.25, 0.3) is 0 Å². The molecule has 0 aliphatic rings. The summed E-state index contributed by atoms with van der Waals surface area (Å²) in [6.45, 7) is 2.42. The fourth-order valence-electron chi connectivity index (χ4n) is 1.37. The first kappa shape index (κ1) is 13.9. The highest BCUT2D eigenvalue weighted by Gasteiger charge is 2.11. The molecule has 4 N–H and O–H groups in total. The maximum absolute atomic E-state index is 11.5. The van der Waals surface area contributed by atoms with E-state index in [2.05, 4.69) is 25.6 Å². The summed E-state index contributed by atoms with van der Waals surface area (Å²) in [5, 5.41) is 8.20. The smallest absolute Gasteiger partial charge is 0.308 e. The molecule has 2 heterocycles. The second-order valence-corrected chi connectivity index (χ2v) is 5.14. The van der Waals surface area contributed by atoms with Crippen LogP contribution in [-0.2, 0) is 6.54 Å². The van der Waals surface area contributed by atoms with Gasteiger partial charge < -0.3 is 5.43 Å². The van der Waals surface area contributed by atoms with E-state index in [4.69, 9.17) is 5.84 Å². The second kappa shape index (κ2) is 6.08. The van der Waals surface area contributed by atoms with E-state index < -0.39 is 0 Å². The van der Waals surface area contributed by atoms with E-state index in [1.807, 2.05) is 13.2 Å². The molecule has 0 amide bonds. The monoisotopic (exact) mass is 299 g/mol. The van der Waals surface area contributed by atoms with Gasteiger partial charge in [0, 0.05) is 12.6 Å². The van der Waals surface area contributed by atoms with Crippen LogP contribution in [0.4, 0.5) is 5.82 Å². The summed E-state index contributed by atoms with van der Waals surface area (Å²) in [4.78, 5) is 20.0. The Labute approximate surface area is 117 Å². The van der Waals surface area contributed by atoms with Crippen molar-refractivity contribution in [1.82, 2.24) is 24.7 Å². The minimum Gasteiger partial charge on any atom is -0.308 e. The van der Waals surface area contributed by atoms with Crippen molar-refractivity contribution in [3.05, 3.63) is 16.6 Å². The van der Waals surface area contributed by atoms with Crippen LogP contribution in [-0.4, -0.2) is 31.0 Å². The van der Waals surface area contributed by atoms with Gasteiger partial charge >= 0.3 is 5.69 Å². The van der Waals surface area contributed by atoms with Crippen LogP contribution in [0.2, 0.25) is 0 Å². The topological polar surface area (TPSA) is 115 Å². The van der Waals surface area contributed by atoms with E-state index >= 15 is 0 Å². The van der Waals surface area contributed by atoms with Gasteiger partial charge in [-0.3, -0.25) is 4.57 Å². The Morgan fingerprint density at radius 2 is 2.32 bits per heavy atom. The van der Waals surface area contributed by atoms with Gasteiger partial charge in [0.05, 0.1) is 0 Å². The van der Waals surface area contributed by atoms with Crippen LogP contribution in [0.3, 0.4) is 0 Å². The van der Waals surface area contributed by atoms with Crippen LogP contribution in [0, 0.1) is 0 Å². The van der Waals surface area contributed by atoms with Gasteiger partial charge in [0.15, 0.2) is 10.3 Å². The van der Waals surface area contributed by atoms with Gasteiger partial charge in [0.2, 0.25) is 0 Å². The minimum absolute atomic E-state index is 0.235. The zero-order valence-corrected chi connectivity index (χ0v) is 12.0. The number of hydrazine groups is 1. The number of nitrogens with one attached hydrogen (secondary N) is 2. The molecule has 102 valence electrons. The zero-order valence-electron chi connectivity index (χ0n) is 10.4. The Kier molecular flexibility index (Phi) is 4.45. The number of nitrogen functional groups attached to an aromatic ring is 1. The van der Waals surface area contributed by atoms with Crippen molar-refractivity contribution < 1.29 is 0 Å². The van der Waals surface area contributed by atoms with E-state index in [0.717, 1.165) is 0 Å². The van der Waals surface area contributed by atoms with Gasteiger partial charge in [-0.2, -0.15) is 0 Å². The molecule has 0 aliphatic carbocycles. The molecule has 0 radical (unpaired) electrons. The SMILES string of the molecule is CCn1c(Sc2cc(NN)nc(SC)n2)n[nH]c1=O. The Hall–Kier alpha value is -1.52. The molecular formula is C9H13N7OS2. The molecule has 19 heavy (non-hydrogen) atoms. The highest BCUT2D eigenvalue weighted by Crippen LogP contribution is 2.26. The van der Waals surface area contributed by atoms with Crippen molar-refractivity contribution in [2.75, 3.05) is 11.7 Å². The molecule has 0 saturated heterocycles. The number of rotatable bonds is 5. The Morgan fingerprint density at radius 3 is 2.95 bits per heavy atom. The van der Waals surface area contributed by atoms with Crippen LogP contribution in [0.25, 0.3) is 0 Å². The van der Waals surface area contributed by atoms with Crippen molar-refractivity contribution in [1.29, 1.82) is 0 Å². The summed E-state index contributed by atoms with van der Waals surface area (Å²) >= 11 is 2.69. The molecule has 0 atom stereocenters. The number of anilines is 1. The molecule has 2 rings (SSSR count). The minimum atomic E-state index is -0.235. The van der Waals surface area contributed by atoms with Crippen LogP contribution in [0.1, 0.15) is 6.92 Å². The predicted molar refractivity (Wildman–Crippen MR) is 74.3 cm³/mol. The van der Waals surface area contributed by atoms with Gasteiger partial charge in [-0.1, -0.05) is 11.8 Å². The van der Waals surface area contributed by atoms with Crippen LogP contribution in [0.5, 0.6) is 0 Å². The number of aromatic nitrogens is 5. The van der Waals surface area contributed by atoms with Gasteiger partial charge in [-0.05, 0) is 24.9 Å². The molecular weight excluding hydrogens is 286 g/mol. The van der Waals surface area contributed by atoms with E-state index in [0.29, 0.717) is 27.7 Å². The molecule has 2 aromatic heterocycles. The van der Waals surface area contributed by atoms with Crippen molar-refractivity contribution in [3.8, 4) is 0 Å². The lowest BCUT2D eigenvalue weighted by Gasteiger charge is -2.05. The first-order valence-corrected chi connectivity index (χ1v) is 7.44. The predicted octanol–water partition coefficient (Wildman–Crippen LogP) is 0.540. The number of aromatic amines is 1. The molecule has 0 saturated carbocycles. The number of H-pyrrole nitrogens is 1. The van der Waals surface area contributed by atoms with Crippen molar-refractivity contribution in [2.24, 2.45) is 5.84 Å². The first-order chi connectivity index (χ1) is 9.17. The molecule has 8 nitrogen and oxygen atoms in total. The van der Waals surface area contributed by atoms with Crippen molar-refractivity contribution >= 4 is 29.3 Å². The van der Waals surface area contributed by atoms with Gasteiger partial charge in [0.1, 0.15) is 10.8 Å². The maximum Gasteiger partial charge on any atom is 0.343 e. The Balaban J connectivity index is 2.34. The molecule has 10 heteroatoms. The van der Waals surface area contributed by atoms with Crippen LogP contribution in [0.15, 0.2) is 26.2 Å². The van der Waals surface area contributed by atoms with E-state index in [1.54, 1.807) is 6.07 Å². The molecule has 0 unspecified atom stereocenters. The Morgan fingerprint density at radius 1 is 1.53 bits per heavy atom. The standard InChI is InChI=1S/C9H13N7OS2/c1-3-16-8(17)14-15-9(16)19-6-4-5(13-10)11-7(12-6)18-2/h4H,3,10H2,1-2H3,(H,14,17)(H,11,12,13). The maximum atomic E-state index is 11.5. The lowest BCUT2D eigenvalue weighted by Crippen LogP contribution is -2.16. The molecule has 2 aromatic rings. The first-order valence-electron chi connectivity index (χ1n) is 5.40. The second-order valence-electron chi connectivity index (χ2n) is 3.38. The Bertz CT molecular complexity index is 601. The highest BCUT2D eigenvalue weighted by molar-refractivity contribution is 7.99.